The van der Waals surface area contributed by atoms with E-state index in [4.69, 9.17) is 4.74 Å². The number of anilines is 1. The van der Waals surface area contributed by atoms with Crippen LogP contribution in [0.3, 0.4) is 0 Å². The van der Waals surface area contributed by atoms with Crippen molar-refractivity contribution < 1.29 is 18.3 Å². The van der Waals surface area contributed by atoms with Crippen molar-refractivity contribution in [2.75, 3.05) is 5.32 Å². The van der Waals surface area contributed by atoms with E-state index in [9.17, 15) is 13.6 Å². The predicted octanol–water partition coefficient (Wildman–Crippen LogP) is 4.29. The average Bonchev–Trinajstić information content (AvgIpc) is 3.15. The molecule has 0 spiro atoms. The summed E-state index contributed by atoms with van der Waals surface area (Å²) < 4.78 is 34.2. The number of imidazole rings is 1. The average molecular weight is 407 g/mol. The third kappa shape index (κ3) is 4.14. The number of ether oxygens (including phenoxy) is 1. The smallest absolute Gasteiger partial charge is 0.258 e. The second kappa shape index (κ2) is 8.08. The molecule has 0 saturated heterocycles. The first-order chi connectivity index (χ1) is 14.5. The van der Waals surface area contributed by atoms with Gasteiger partial charge in [-0.15, -0.1) is 0 Å². The Morgan fingerprint density at radius 1 is 1.03 bits per heavy atom. The minimum absolute atomic E-state index is 0.250. The van der Waals surface area contributed by atoms with Gasteiger partial charge in [-0.1, -0.05) is 0 Å². The van der Waals surface area contributed by atoms with E-state index in [1.54, 1.807) is 47.3 Å². The van der Waals surface area contributed by atoms with Crippen molar-refractivity contribution in [2.45, 2.75) is 6.92 Å². The monoisotopic (exact) mass is 407 g/mol. The molecule has 0 saturated carbocycles. The number of amides is 1. The fourth-order valence-corrected chi connectivity index (χ4v) is 2.74. The molecule has 1 N–H and O–H groups in total. The minimum Gasteiger partial charge on any atom is -0.439 e. The molecule has 7 nitrogen and oxygen atoms in total. The molecule has 150 valence electrons. The number of carbonyl (C=O) groups excluding carboxylic acids is 1. The molecule has 0 bridgehead atoms. The molecule has 30 heavy (non-hydrogen) atoms. The molecule has 0 radical (unpaired) electrons. The molecule has 0 atom stereocenters. The Kier molecular flexibility index (Phi) is 5.17. The van der Waals surface area contributed by atoms with E-state index in [0.29, 0.717) is 29.2 Å². The summed E-state index contributed by atoms with van der Waals surface area (Å²) in [6.45, 7) is 1.85. The molecule has 1 amide bonds. The van der Waals surface area contributed by atoms with Crippen molar-refractivity contribution in [2.24, 2.45) is 0 Å². The molecule has 2 aromatic carbocycles. The number of halogens is 2. The zero-order valence-electron chi connectivity index (χ0n) is 15.7. The lowest BCUT2D eigenvalue weighted by molar-refractivity contribution is 0.102. The summed E-state index contributed by atoms with van der Waals surface area (Å²) in [4.78, 5) is 24.6. The van der Waals surface area contributed by atoms with Crippen LogP contribution in [0.4, 0.5) is 14.5 Å². The lowest BCUT2D eigenvalue weighted by atomic mass is 10.2. The summed E-state index contributed by atoms with van der Waals surface area (Å²) in [5.41, 5.74) is 0.175. The van der Waals surface area contributed by atoms with Crippen molar-refractivity contribution in [3.63, 3.8) is 0 Å². The Labute approximate surface area is 170 Å². The van der Waals surface area contributed by atoms with E-state index in [1.807, 2.05) is 6.92 Å². The molecule has 0 aliphatic carbocycles. The SMILES string of the molecule is Cc1nccn1-c1cc(Oc2ccc(NC(=O)c3ccc(F)cc3F)cc2)ncn1. The highest BCUT2D eigenvalue weighted by atomic mass is 19.1. The molecule has 0 aliphatic rings. The van der Waals surface area contributed by atoms with E-state index in [1.165, 1.54) is 6.33 Å². The van der Waals surface area contributed by atoms with Crippen molar-refractivity contribution in [1.29, 1.82) is 0 Å². The largest absolute Gasteiger partial charge is 0.439 e. The van der Waals surface area contributed by atoms with E-state index in [2.05, 4.69) is 20.3 Å². The van der Waals surface area contributed by atoms with Crippen molar-refractivity contribution >= 4 is 11.6 Å². The Morgan fingerprint density at radius 3 is 2.53 bits per heavy atom. The van der Waals surface area contributed by atoms with Crippen LogP contribution in [-0.2, 0) is 0 Å². The van der Waals surface area contributed by atoms with Gasteiger partial charge in [0.25, 0.3) is 5.91 Å². The highest BCUT2D eigenvalue weighted by Gasteiger charge is 2.13. The summed E-state index contributed by atoms with van der Waals surface area (Å²) in [6, 6.07) is 10.9. The normalized spacial score (nSPS) is 10.6. The highest BCUT2D eigenvalue weighted by molar-refractivity contribution is 6.04. The molecular formula is C21H15F2N5O2. The second-order valence-electron chi connectivity index (χ2n) is 6.26. The Hall–Kier alpha value is -4.14. The maximum atomic E-state index is 13.7. The summed E-state index contributed by atoms with van der Waals surface area (Å²) in [7, 11) is 0. The number of carbonyl (C=O) groups is 1. The molecule has 2 aromatic heterocycles. The van der Waals surface area contributed by atoms with Gasteiger partial charge in [0.05, 0.1) is 5.56 Å². The van der Waals surface area contributed by atoms with Gasteiger partial charge in [-0.25, -0.2) is 23.7 Å². The van der Waals surface area contributed by atoms with Crippen LogP contribution in [0.1, 0.15) is 16.2 Å². The van der Waals surface area contributed by atoms with Gasteiger partial charge >= 0.3 is 0 Å². The van der Waals surface area contributed by atoms with Crippen LogP contribution in [-0.4, -0.2) is 25.4 Å². The van der Waals surface area contributed by atoms with Gasteiger partial charge in [-0.2, -0.15) is 0 Å². The van der Waals surface area contributed by atoms with Crippen LogP contribution < -0.4 is 10.1 Å². The van der Waals surface area contributed by atoms with E-state index in [-0.39, 0.29) is 5.56 Å². The van der Waals surface area contributed by atoms with Crippen molar-refractivity contribution in [3.8, 4) is 17.4 Å². The minimum atomic E-state index is -0.930. The first-order valence-corrected chi connectivity index (χ1v) is 8.86. The van der Waals surface area contributed by atoms with Gasteiger partial charge in [-0.3, -0.25) is 9.36 Å². The van der Waals surface area contributed by atoms with Gasteiger partial charge in [-0.05, 0) is 43.3 Å². The van der Waals surface area contributed by atoms with Gasteiger partial charge in [0.15, 0.2) is 0 Å². The van der Waals surface area contributed by atoms with E-state index < -0.39 is 17.5 Å². The number of hydrogen-bond acceptors (Lipinski definition) is 5. The maximum absolute atomic E-state index is 13.7. The Morgan fingerprint density at radius 2 is 1.83 bits per heavy atom. The number of nitrogens with zero attached hydrogens (tertiary/aromatic N) is 4. The zero-order valence-corrected chi connectivity index (χ0v) is 15.7. The third-order valence-electron chi connectivity index (χ3n) is 4.21. The standard InChI is InChI=1S/C21H15F2N5O2/c1-13-24-8-9-28(13)19-11-20(26-12-25-19)30-16-5-3-15(4-6-16)27-21(29)17-7-2-14(22)10-18(17)23/h2-12H,1H3,(H,27,29). The number of rotatable bonds is 5. The molecule has 2 heterocycles. The Bertz CT molecular complexity index is 1210. The molecule has 0 unspecified atom stereocenters. The fourth-order valence-electron chi connectivity index (χ4n) is 2.74. The van der Waals surface area contributed by atoms with Gasteiger partial charge in [0.2, 0.25) is 5.88 Å². The summed E-state index contributed by atoms with van der Waals surface area (Å²) in [6.07, 6.45) is 4.83. The molecule has 9 heteroatoms. The topological polar surface area (TPSA) is 81.9 Å². The predicted molar refractivity (Wildman–Crippen MR) is 105 cm³/mol. The number of nitrogens with one attached hydrogen (secondary N) is 1. The molecule has 0 fully saturated rings. The first-order valence-electron chi connectivity index (χ1n) is 8.86. The number of aromatic nitrogens is 4. The second-order valence-corrected chi connectivity index (χ2v) is 6.26. The van der Waals surface area contributed by atoms with E-state index in [0.717, 1.165) is 18.0 Å². The summed E-state index contributed by atoms with van der Waals surface area (Å²) >= 11 is 0. The third-order valence-corrected chi connectivity index (χ3v) is 4.21. The van der Waals surface area contributed by atoms with Crippen LogP contribution in [0.15, 0.2) is 67.3 Å². The van der Waals surface area contributed by atoms with Crippen LogP contribution in [0.5, 0.6) is 11.6 Å². The summed E-state index contributed by atoms with van der Waals surface area (Å²) in [5.74, 6) is -0.164. The molecule has 4 aromatic rings. The van der Waals surface area contributed by atoms with Gasteiger partial charge in [0, 0.05) is 30.2 Å². The lowest BCUT2D eigenvalue weighted by Crippen LogP contribution is -2.13. The summed E-state index contributed by atoms with van der Waals surface area (Å²) in [5, 5.41) is 2.55. The van der Waals surface area contributed by atoms with Crippen molar-refractivity contribution in [1.82, 2.24) is 19.5 Å². The van der Waals surface area contributed by atoms with Crippen LogP contribution in [0.25, 0.3) is 5.82 Å². The molecule has 4 rings (SSSR count). The highest BCUT2D eigenvalue weighted by Crippen LogP contribution is 2.23. The number of aryl methyl sites for hydroxylation is 1. The van der Waals surface area contributed by atoms with Crippen molar-refractivity contribution in [3.05, 3.63) is 90.3 Å². The lowest BCUT2D eigenvalue weighted by Gasteiger charge is -2.09. The first kappa shape index (κ1) is 19.2. The van der Waals surface area contributed by atoms with Gasteiger partial charge in [0.1, 0.15) is 35.4 Å². The fraction of sp³-hybridized carbons (Fsp3) is 0.0476. The van der Waals surface area contributed by atoms with Gasteiger partial charge < -0.3 is 10.1 Å². The van der Waals surface area contributed by atoms with Crippen LogP contribution in [0.2, 0.25) is 0 Å². The quantitative estimate of drug-likeness (QED) is 0.534. The maximum Gasteiger partial charge on any atom is 0.258 e. The molecular weight excluding hydrogens is 392 g/mol. The van der Waals surface area contributed by atoms with Crippen LogP contribution in [0, 0.1) is 18.6 Å². The zero-order chi connectivity index (χ0) is 21.1. The molecule has 0 aliphatic heterocycles. The Balaban J connectivity index is 1.45. The number of benzene rings is 2. The van der Waals surface area contributed by atoms with E-state index >= 15 is 0 Å². The number of hydrogen-bond donors (Lipinski definition) is 1. The van der Waals surface area contributed by atoms with Crippen LogP contribution >= 0.6 is 0 Å².